The highest BCUT2D eigenvalue weighted by Gasteiger charge is 2.16. The van der Waals surface area contributed by atoms with Gasteiger partial charge in [0.25, 0.3) is 0 Å². The van der Waals surface area contributed by atoms with E-state index in [4.69, 9.17) is 19.9 Å². The van der Waals surface area contributed by atoms with Crippen LogP contribution in [0.3, 0.4) is 0 Å². The van der Waals surface area contributed by atoms with Gasteiger partial charge in [0.15, 0.2) is 0 Å². The number of carbonyl (C=O) groups is 1. The molecular weight excluding hydrogens is 476 g/mol. The molecule has 0 bridgehead atoms. The molecule has 4 aromatic rings. The first-order valence-electron chi connectivity index (χ1n) is 13.1. The molecule has 6 nitrogen and oxygen atoms in total. The Labute approximate surface area is 225 Å². The van der Waals surface area contributed by atoms with Crippen LogP contribution < -0.4 is 10.5 Å². The molecule has 6 heteroatoms. The molecule has 0 saturated heterocycles. The molecule has 200 valence electrons. The number of ether oxygens (including phenoxy) is 3. The molecule has 0 amide bonds. The van der Waals surface area contributed by atoms with Gasteiger partial charge in [-0.15, -0.1) is 0 Å². The fourth-order valence-corrected chi connectivity index (χ4v) is 4.75. The number of aromatic nitrogens is 1. The molecule has 0 aliphatic rings. The number of nitrogens with two attached hydrogens (primary N) is 1. The van der Waals surface area contributed by atoms with Gasteiger partial charge in [-0.1, -0.05) is 30.3 Å². The van der Waals surface area contributed by atoms with E-state index in [0.29, 0.717) is 31.5 Å². The third-order valence-electron chi connectivity index (χ3n) is 6.61. The summed E-state index contributed by atoms with van der Waals surface area (Å²) >= 11 is 0. The van der Waals surface area contributed by atoms with E-state index in [1.807, 2.05) is 38.1 Å². The van der Waals surface area contributed by atoms with Crippen molar-refractivity contribution in [3.63, 3.8) is 0 Å². The van der Waals surface area contributed by atoms with Gasteiger partial charge in [-0.25, -0.2) is 0 Å². The Hall–Kier alpha value is -3.61. The van der Waals surface area contributed by atoms with E-state index in [1.165, 1.54) is 5.39 Å². The predicted octanol–water partition coefficient (Wildman–Crippen LogP) is 6.36. The summed E-state index contributed by atoms with van der Waals surface area (Å²) in [5.74, 6) is 0.383. The van der Waals surface area contributed by atoms with Crippen LogP contribution in [0.4, 0.5) is 0 Å². The van der Waals surface area contributed by atoms with Crippen LogP contribution in [-0.2, 0) is 33.8 Å². The smallest absolute Gasteiger partial charge is 0.310 e. The van der Waals surface area contributed by atoms with Crippen LogP contribution in [0, 0.1) is 6.92 Å². The number of hydrogen-bond acceptors (Lipinski definition) is 5. The molecule has 0 fully saturated rings. The summed E-state index contributed by atoms with van der Waals surface area (Å²) in [6.07, 6.45) is 1.98. The molecule has 0 spiro atoms. The van der Waals surface area contributed by atoms with E-state index in [2.05, 4.69) is 61.0 Å². The molecule has 1 atom stereocenters. The minimum atomic E-state index is -0.304. The highest BCUT2D eigenvalue weighted by Crippen LogP contribution is 2.34. The van der Waals surface area contributed by atoms with Crippen molar-refractivity contribution in [2.75, 3.05) is 13.7 Å². The zero-order valence-corrected chi connectivity index (χ0v) is 23.0. The summed E-state index contributed by atoms with van der Waals surface area (Å²) < 4.78 is 19.2. The maximum absolute atomic E-state index is 12.5. The van der Waals surface area contributed by atoms with Crippen molar-refractivity contribution in [1.29, 1.82) is 0 Å². The third kappa shape index (κ3) is 6.44. The van der Waals surface area contributed by atoms with Crippen LogP contribution in [0.5, 0.6) is 5.75 Å². The first-order valence-corrected chi connectivity index (χ1v) is 13.1. The van der Waals surface area contributed by atoms with Crippen LogP contribution in [0.2, 0.25) is 0 Å². The maximum Gasteiger partial charge on any atom is 0.310 e. The van der Waals surface area contributed by atoms with E-state index in [0.717, 1.165) is 38.9 Å². The van der Waals surface area contributed by atoms with Crippen LogP contribution >= 0.6 is 0 Å². The van der Waals surface area contributed by atoms with Crippen molar-refractivity contribution >= 4 is 16.9 Å². The SMILES string of the molecule is COCC(C)OC(=O)Cc1ccc(C)cc1OCc1cc(-c2cccc(CN)c2)c2ccn(C(C)C)c2c1. The van der Waals surface area contributed by atoms with E-state index in [-0.39, 0.29) is 18.5 Å². The van der Waals surface area contributed by atoms with E-state index in [9.17, 15) is 4.79 Å². The van der Waals surface area contributed by atoms with Crippen LogP contribution in [0.15, 0.2) is 66.9 Å². The normalized spacial score (nSPS) is 12.2. The van der Waals surface area contributed by atoms with E-state index in [1.54, 1.807) is 7.11 Å². The lowest BCUT2D eigenvalue weighted by atomic mass is 9.97. The molecule has 3 aromatic carbocycles. The van der Waals surface area contributed by atoms with E-state index < -0.39 is 0 Å². The molecule has 1 aromatic heterocycles. The Kier molecular flexibility index (Phi) is 8.87. The first kappa shape index (κ1) is 27.4. The molecule has 4 rings (SSSR count). The first-order chi connectivity index (χ1) is 18.3. The average molecular weight is 515 g/mol. The average Bonchev–Trinajstić information content (AvgIpc) is 3.33. The van der Waals surface area contributed by atoms with Gasteiger partial charge in [0.1, 0.15) is 18.5 Å². The summed E-state index contributed by atoms with van der Waals surface area (Å²) in [6.45, 7) is 9.42. The number of benzene rings is 3. The molecule has 1 unspecified atom stereocenters. The van der Waals surface area contributed by atoms with Gasteiger partial charge in [-0.3, -0.25) is 4.79 Å². The maximum atomic E-state index is 12.5. The highest BCUT2D eigenvalue weighted by molar-refractivity contribution is 5.96. The monoisotopic (exact) mass is 514 g/mol. The molecule has 2 N–H and O–H groups in total. The van der Waals surface area contributed by atoms with Gasteiger partial charge in [-0.2, -0.15) is 0 Å². The van der Waals surface area contributed by atoms with Crippen molar-refractivity contribution < 1.29 is 19.0 Å². The lowest BCUT2D eigenvalue weighted by Gasteiger charge is -2.16. The third-order valence-corrected chi connectivity index (χ3v) is 6.61. The van der Waals surface area contributed by atoms with Crippen LogP contribution in [-0.4, -0.2) is 30.4 Å². The quantitative estimate of drug-likeness (QED) is 0.236. The summed E-state index contributed by atoms with van der Waals surface area (Å²) in [7, 11) is 1.59. The summed E-state index contributed by atoms with van der Waals surface area (Å²) in [4.78, 5) is 12.5. The second-order valence-electron chi connectivity index (χ2n) is 10.1. The topological polar surface area (TPSA) is 75.7 Å². The number of methoxy groups -OCH3 is 1. The highest BCUT2D eigenvalue weighted by atomic mass is 16.6. The van der Waals surface area contributed by atoms with Crippen molar-refractivity contribution in [3.8, 4) is 16.9 Å². The van der Waals surface area contributed by atoms with Gasteiger partial charge in [0.05, 0.1) is 13.0 Å². The number of nitrogens with zero attached hydrogens (tertiary/aromatic N) is 1. The van der Waals surface area contributed by atoms with Crippen molar-refractivity contribution in [3.05, 3.63) is 89.1 Å². The van der Waals surface area contributed by atoms with Gasteiger partial charge in [-0.05, 0) is 85.8 Å². The number of esters is 1. The molecule has 1 heterocycles. The van der Waals surface area contributed by atoms with Crippen molar-refractivity contribution in [2.24, 2.45) is 5.73 Å². The molecule has 0 radical (unpaired) electrons. The summed E-state index contributed by atoms with van der Waals surface area (Å²) in [5.41, 5.74) is 13.4. The standard InChI is InChI=1S/C32H38N2O4/c1-21(2)34-12-11-28-29(26-8-6-7-24(14-26)18-33)15-25(16-30(28)34)20-37-31-13-22(3)9-10-27(31)17-32(35)38-23(4)19-36-5/h6-16,21,23H,17-20,33H2,1-5H3. The second-order valence-corrected chi connectivity index (χ2v) is 10.1. The van der Waals surface area contributed by atoms with Gasteiger partial charge in [0.2, 0.25) is 0 Å². The Morgan fingerprint density at radius 3 is 2.55 bits per heavy atom. The number of rotatable bonds is 11. The Morgan fingerprint density at radius 2 is 1.82 bits per heavy atom. The minimum Gasteiger partial charge on any atom is -0.489 e. The van der Waals surface area contributed by atoms with Crippen LogP contribution in [0.25, 0.3) is 22.0 Å². The zero-order chi connectivity index (χ0) is 27.2. The second kappa shape index (κ2) is 12.3. The number of carbonyl (C=O) groups excluding carboxylic acids is 1. The fraction of sp³-hybridized carbons (Fsp3) is 0.344. The van der Waals surface area contributed by atoms with E-state index >= 15 is 0 Å². The Balaban J connectivity index is 1.65. The van der Waals surface area contributed by atoms with Gasteiger partial charge < -0.3 is 24.5 Å². The molecular formula is C32H38N2O4. The minimum absolute atomic E-state index is 0.135. The largest absolute Gasteiger partial charge is 0.489 e. The summed E-state index contributed by atoms with van der Waals surface area (Å²) in [5, 5.41) is 1.20. The zero-order valence-electron chi connectivity index (χ0n) is 23.0. The lowest BCUT2D eigenvalue weighted by Crippen LogP contribution is -2.21. The lowest BCUT2D eigenvalue weighted by molar-refractivity contribution is -0.149. The van der Waals surface area contributed by atoms with Crippen molar-refractivity contribution in [1.82, 2.24) is 4.57 Å². The summed E-state index contributed by atoms with van der Waals surface area (Å²) in [6, 6.07) is 21.2. The molecule has 0 aliphatic heterocycles. The number of aryl methyl sites for hydroxylation is 1. The molecule has 0 aliphatic carbocycles. The molecule has 38 heavy (non-hydrogen) atoms. The Morgan fingerprint density at radius 1 is 1.00 bits per heavy atom. The molecule has 0 saturated carbocycles. The number of hydrogen-bond donors (Lipinski definition) is 1. The fourth-order valence-electron chi connectivity index (χ4n) is 4.75. The van der Waals surface area contributed by atoms with Gasteiger partial charge >= 0.3 is 5.97 Å². The van der Waals surface area contributed by atoms with Crippen LogP contribution in [0.1, 0.15) is 49.1 Å². The van der Waals surface area contributed by atoms with Crippen molar-refractivity contribution in [2.45, 2.75) is 59.4 Å². The Bertz CT molecular complexity index is 1410. The van der Waals surface area contributed by atoms with Gasteiger partial charge in [0, 0.05) is 42.4 Å². The number of fused-ring (bicyclic) bond motifs is 1. The predicted molar refractivity (Wildman–Crippen MR) is 152 cm³/mol.